The predicted molar refractivity (Wildman–Crippen MR) is 97.6 cm³/mol. The van der Waals surface area contributed by atoms with Crippen molar-refractivity contribution < 1.29 is 19.7 Å². The summed E-state index contributed by atoms with van der Waals surface area (Å²) < 4.78 is 13.1. The van der Waals surface area contributed by atoms with Gasteiger partial charge in [0.2, 0.25) is 0 Å². The Balaban J connectivity index is 2.01. The molecule has 8 heteroatoms. The van der Waals surface area contributed by atoms with E-state index in [-0.39, 0.29) is 13.2 Å². The lowest BCUT2D eigenvalue weighted by Gasteiger charge is -2.35. The molecule has 146 valence electrons. The summed E-state index contributed by atoms with van der Waals surface area (Å²) in [6, 6.07) is 9.28. The minimum atomic E-state index is -1.05. The Morgan fingerprint density at radius 3 is 2.63 bits per heavy atom. The number of aromatic amines is 1. The summed E-state index contributed by atoms with van der Waals surface area (Å²) in [4.78, 5) is 26.0. The van der Waals surface area contributed by atoms with Gasteiger partial charge in [0.1, 0.15) is 23.9 Å². The maximum atomic E-state index is 12.1. The van der Waals surface area contributed by atoms with E-state index in [9.17, 15) is 19.8 Å². The fourth-order valence-electron chi connectivity index (χ4n) is 3.72. The Morgan fingerprint density at radius 1 is 1.30 bits per heavy atom. The van der Waals surface area contributed by atoms with Crippen LogP contribution in [0.5, 0.6) is 0 Å². The minimum Gasteiger partial charge on any atom is -0.394 e. The zero-order valence-corrected chi connectivity index (χ0v) is 15.3. The predicted octanol–water partition coefficient (Wildman–Crippen LogP) is -0.102. The molecule has 1 aromatic carbocycles. The van der Waals surface area contributed by atoms with Gasteiger partial charge in [-0.25, -0.2) is 4.79 Å². The number of rotatable bonds is 6. The first kappa shape index (κ1) is 19.5. The van der Waals surface area contributed by atoms with Crippen LogP contribution in [-0.2, 0) is 21.6 Å². The molecule has 4 atom stereocenters. The summed E-state index contributed by atoms with van der Waals surface area (Å²) in [5.74, 6) is 0. The van der Waals surface area contributed by atoms with Crippen molar-refractivity contribution >= 4 is 0 Å². The molecule has 0 radical (unpaired) electrons. The Bertz CT molecular complexity index is 893. The van der Waals surface area contributed by atoms with Crippen LogP contribution in [-0.4, -0.2) is 51.8 Å². The van der Waals surface area contributed by atoms with Gasteiger partial charge >= 0.3 is 5.69 Å². The molecule has 3 rings (SSSR count). The van der Waals surface area contributed by atoms with Gasteiger partial charge in [0.05, 0.1) is 6.61 Å². The Hall–Kier alpha value is -2.26. The Morgan fingerprint density at radius 2 is 2.00 bits per heavy atom. The van der Waals surface area contributed by atoms with Gasteiger partial charge < -0.3 is 24.3 Å². The van der Waals surface area contributed by atoms with Crippen LogP contribution in [0.4, 0.5) is 0 Å². The maximum absolute atomic E-state index is 12.1. The van der Waals surface area contributed by atoms with E-state index in [1.54, 1.807) is 6.92 Å². The van der Waals surface area contributed by atoms with Gasteiger partial charge in [0.25, 0.3) is 5.56 Å². The molecular weight excluding hydrogens is 352 g/mol. The van der Waals surface area contributed by atoms with Crippen LogP contribution in [0.25, 0.3) is 0 Å². The first-order valence-electron chi connectivity index (χ1n) is 8.78. The molecule has 0 amide bonds. The van der Waals surface area contributed by atoms with Gasteiger partial charge in [-0.05, 0) is 12.5 Å². The van der Waals surface area contributed by atoms with Crippen molar-refractivity contribution in [3.63, 3.8) is 0 Å². The smallest absolute Gasteiger partial charge is 0.328 e. The summed E-state index contributed by atoms with van der Waals surface area (Å²) in [6.45, 7) is 1.50. The molecule has 0 spiro atoms. The Labute approximate surface area is 156 Å². The summed E-state index contributed by atoms with van der Waals surface area (Å²) in [5, 5.41) is 20.1. The number of hydrogen-bond acceptors (Lipinski definition) is 6. The largest absolute Gasteiger partial charge is 0.394 e. The van der Waals surface area contributed by atoms with Crippen molar-refractivity contribution in [1.29, 1.82) is 0 Å². The standard InChI is InChI=1S/C19H24N2O6/c1-12-10-21(18(25)20-17(12)24)9-8-19(13-6-4-3-5-7-13)16(26-2)15(23)14(11-22)27-19/h3-7,10,14-16,22-23H,8-9,11H2,1-2H3,(H,20,24,25)/t14-,15-,16-,19+/m1/s1. The zero-order valence-electron chi connectivity index (χ0n) is 15.3. The second kappa shape index (κ2) is 7.77. The molecule has 1 aliphatic rings. The third kappa shape index (κ3) is 3.49. The molecule has 0 unspecified atom stereocenters. The number of benzene rings is 1. The number of aliphatic hydroxyl groups excluding tert-OH is 2. The first-order valence-corrected chi connectivity index (χ1v) is 8.78. The molecule has 3 N–H and O–H groups in total. The van der Waals surface area contributed by atoms with Gasteiger partial charge in [-0.15, -0.1) is 0 Å². The summed E-state index contributed by atoms with van der Waals surface area (Å²) >= 11 is 0. The monoisotopic (exact) mass is 376 g/mol. The van der Waals surface area contributed by atoms with Crippen LogP contribution in [0.3, 0.4) is 0 Å². The summed E-state index contributed by atoms with van der Waals surface area (Å²) in [5.41, 5.74) is -0.781. The summed E-state index contributed by atoms with van der Waals surface area (Å²) in [7, 11) is 1.48. The number of ether oxygens (including phenoxy) is 2. The highest BCUT2D eigenvalue weighted by Gasteiger charge is 2.55. The number of methoxy groups -OCH3 is 1. The van der Waals surface area contributed by atoms with Crippen molar-refractivity contribution in [1.82, 2.24) is 9.55 Å². The van der Waals surface area contributed by atoms with Crippen LogP contribution < -0.4 is 11.2 Å². The number of H-pyrrole nitrogens is 1. The highest BCUT2D eigenvalue weighted by Crippen LogP contribution is 2.44. The van der Waals surface area contributed by atoms with E-state index in [0.717, 1.165) is 5.56 Å². The van der Waals surface area contributed by atoms with Gasteiger partial charge in [-0.2, -0.15) is 0 Å². The molecule has 1 aromatic heterocycles. The molecule has 27 heavy (non-hydrogen) atoms. The van der Waals surface area contributed by atoms with Crippen molar-refractivity contribution in [3.8, 4) is 0 Å². The van der Waals surface area contributed by atoms with Crippen molar-refractivity contribution in [3.05, 3.63) is 68.5 Å². The molecule has 1 aliphatic heterocycles. The van der Waals surface area contributed by atoms with E-state index in [1.165, 1.54) is 17.9 Å². The molecular formula is C19H24N2O6. The second-order valence-electron chi connectivity index (χ2n) is 6.76. The molecule has 1 saturated heterocycles. The van der Waals surface area contributed by atoms with E-state index in [0.29, 0.717) is 12.0 Å². The van der Waals surface area contributed by atoms with Gasteiger partial charge in [-0.1, -0.05) is 30.3 Å². The minimum absolute atomic E-state index is 0.232. The quantitative estimate of drug-likeness (QED) is 0.649. The molecule has 8 nitrogen and oxygen atoms in total. The number of nitrogens with one attached hydrogen (secondary N) is 1. The van der Waals surface area contributed by atoms with Gasteiger partial charge in [-0.3, -0.25) is 9.78 Å². The van der Waals surface area contributed by atoms with Crippen LogP contribution in [0, 0.1) is 6.92 Å². The molecule has 0 bridgehead atoms. The normalized spacial score (nSPS) is 27.8. The van der Waals surface area contributed by atoms with Crippen molar-refractivity contribution in [2.24, 2.45) is 0 Å². The summed E-state index contributed by atoms with van der Waals surface area (Å²) in [6.07, 6.45) is -0.750. The first-order chi connectivity index (χ1) is 12.9. The van der Waals surface area contributed by atoms with Crippen LogP contribution in [0.2, 0.25) is 0 Å². The van der Waals surface area contributed by atoms with E-state index in [4.69, 9.17) is 9.47 Å². The number of aliphatic hydroxyl groups is 2. The lowest BCUT2D eigenvalue weighted by Crippen LogP contribution is -2.44. The molecule has 2 aromatic rings. The average Bonchev–Trinajstić information content (AvgIpc) is 2.96. The highest BCUT2D eigenvalue weighted by molar-refractivity contribution is 5.27. The maximum Gasteiger partial charge on any atom is 0.328 e. The fourth-order valence-corrected chi connectivity index (χ4v) is 3.72. The third-order valence-electron chi connectivity index (χ3n) is 5.12. The third-order valence-corrected chi connectivity index (χ3v) is 5.12. The molecule has 2 heterocycles. The van der Waals surface area contributed by atoms with Gasteiger partial charge in [0, 0.05) is 31.8 Å². The van der Waals surface area contributed by atoms with Crippen molar-refractivity contribution in [2.45, 2.75) is 43.8 Å². The van der Waals surface area contributed by atoms with E-state index >= 15 is 0 Å². The molecule has 0 saturated carbocycles. The highest BCUT2D eigenvalue weighted by atomic mass is 16.6. The number of hydrogen-bond donors (Lipinski definition) is 3. The van der Waals surface area contributed by atoms with Crippen LogP contribution in [0.1, 0.15) is 17.5 Å². The lowest BCUT2D eigenvalue weighted by atomic mass is 9.84. The Kier molecular flexibility index (Phi) is 5.61. The number of nitrogens with zero attached hydrogens (tertiary/aromatic N) is 1. The topological polar surface area (TPSA) is 114 Å². The molecule has 0 aliphatic carbocycles. The van der Waals surface area contributed by atoms with E-state index in [1.807, 2.05) is 30.3 Å². The SMILES string of the molecule is CO[C@@H]1[C@H](O)[C@@H](CO)O[C@@]1(CCn1cc(C)c(=O)[nH]c1=O)c1ccccc1. The van der Waals surface area contributed by atoms with E-state index in [2.05, 4.69) is 4.98 Å². The lowest BCUT2D eigenvalue weighted by molar-refractivity contribution is -0.114. The number of aryl methyl sites for hydroxylation is 2. The van der Waals surface area contributed by atoms with E-state index < -0.39 is 35.2 Å². The molecule has 1 fully saturated rings. The van der Waals surface area contributed by atoms with Crippen LogP contribution >= 0.6 is 0 Å². The average molecular weight is 376 g/mol. The van der Waals surface area contributed by atoms with Crippen LogP contribution in [0.15, 0.2) is 46.1 Å². The fraction of sp³-hybridized carbons (Fsp3) is 0.474. The number of aromatic nitrogens is 2. The second-order valence-corrected chi connectivity index (χ2v) is 6.76. The zero-order chi connectivity index (χ0) is 19.6. The van der Waals surface area contributed by atoms with Crippen molar-refractivity contribution in [2.75, 3.05) is 13.7 Å². The van der Waals surface area contributed by atoms with Gasteiger partial charge in [0.15, 0.2) is 0 Å².